The minimum atomic E-state index is -1.04. The highest BCUT2D eigenvalue weighted by Gasteiger charge is 2.62. The van der Waals surface area contributed by atoms with Crippen LogP contribution < -0.4 is 11.1 Å². The van der Waals surface area contributed by atoms with Gasteiger partial charge >= 0.3 is 0 Å². The molecule has 0 aliphatic heterocycles. The number of rotatable bonds is 4. The lowest BCUT2D eigenvalue weighted by Crippen LogP contribution is -2.74. The van der Waals surface area contributed by atoms with Crippen LogP contribution in [0, 0.1) is 5.41 Å². The molecule has 8 heteroatoms. The van der Waals surface area contributed by atoms with Gasteiger partial charge in [-0.15, -0.1) is 12.4 Å². The van der Waals surface area contributed by atoms with Gasteiger partial charge in [0, 0.05) is 24.1 Å². The lowest BCUT2D eigenvalue weighted by molar-refractivity contribution is -0.166. The first-order valence-corrected chi connectivity index (χ1v) is 7.79. The fraction of sp³-hybridized carbons (Fsp3) is 0.533. The molecule has 1 saturated carbocycles. The Labute approximate surface area is 151 Å². The molecule has 0 radical (unpaired) electrons. The average molecular weight is 384 g/mol. The molecule has 23 heavy (non-hydrogen) atoms. The van der Waals surface area contributed by atoms with Crippen LogP contribution in [-0.2, 0) is 9.53 Å². The zero-order valence-electron chi connectivity index (χ0n) is 13.2. The van der Waals surface area contributed by atoms with Gasteiger partial charge in [0.15, 0.2) is 5.75 Å². The highest BCUT2D eigenvalue weighted by Crippen LogP contribution is 2.50. The van der Waals surface area contributed by atoms with Crippen molar-refractivity contribution in [3.63, 3.8) is 0 Å². The van der Waals surface area contributed by atoms with Crippen LogP contribution in [0.1, 0.15) is 27.2 Å². The zero-order valence-corrected chi connectivity index (χ0v) is 15.5. The highest BCUT2D eigenvalue weighted by molar-refractivity contribution is 6.37. The van der Waals surface area contributed by atoms with Crippen molar-refractivity contribution in [2.75, 3.05) is 11.9 Å². The topological polar surface area (TPSA) is 84.6 Å². The monoisotopic (exact) mass is 382 g/mol. The third-order valence-electron chi connectivity index (χ3n) is 4.51. The van der Waals surface area contributed by atoms with Gasteiger partial charge in [-0.1, -0.05) is 37.0 Å². The lowest BCUT2D eigenvalue weighted by atomic mass is 9.54. The van der Waals surface area contributed by atoms with Gasteiger partial charge in [-0.2, -0.15) is 0 Å². The van der Waals surface area contributed by atoms with Crippen molar-refractivity contribution >= 4 is 47.2 Å². The number of carbonyl (C=O) groups excluding carboxylic acids is 1. The maximum Gasteiger partial charge on any atom is 0.245 e. The third kappa shape index (κ3) is 3.39. The second-order valence-electron chi connectivity index (χ2n) is 6.08. The van der Waals surface area contributed by atoms with E-state index in [1.165, 1.54) is 12.1 Å². The van der Waals surface area contributed by atoms with Crippen LogP contribution in [-0.4, -0.2) is 29.3 Å². The Morgan fingerprint density at radius 1 is 1.43 bits per heavy atom. The maximum atomic E-state index is 12.5. The second-order valence-corrected chi connectivity index (χ2v) is 6.90. The Bertz CT molecular complexity index is 587. The van der Waals surface area contributed by atoms with E-state index in [1.54, 1.807) is 0 Å². The molecule has 0 spiro atoms. The zero-order chi connectivity index (χ0) is 16.7. The van der Waals surface area contributed by atoms with Crippen molar-refractivity contribution in [1.82, 2.24) is 0 Å². The van der Waals surface area contributed by atoms with Gasteiger partial charge in [-0.25, -0.2) is 0 Å². The van der Waals surface area contributed by atoms with Crippen LogP contribution in [0.3, 0.4) is 0 Å². The smallest absolute Gasteiger partial charge is 0.245 e. The van der Waals surface area contributed by atoms with E-state index in [2.05, 4.69) is 5.32 Å². The molecule has 2 rings (SSSR count). The van der Waals surface area contributed by atoms with Gasteiger partial charge < -0.3 is 20.9 Å². The Kier molecular flexibility index (Phi) is 6.21. The molecule has 1 fully saturated rings. The number of ether oxygens (including phenoxy) is 1. The molecule has 1 aromatic carbocycles. The van der Waals surface area contributed by atoms with Gasteiger partial charge in [-0.05, 0) is 19.1 Å². The van der Waals surface area contributed by atoms with Crippen LogP contribution in [0.25, 0.3) is 0 Å². The van der Waals surface area contributed by atoms with Crippen molar-refractivity contribution in [1.29, 1.82) is 0 Å². The standard InChI is InChI=1S/C15H20Cl2N2O3.ClH/c1-4-22-11-7-15(18,14(11,2)3)13(21)19-8-5-9(16)12(20)10(17)6-8;/h5-6,11,20H,4,7,18H2,1-3H3,(H,19,21);1H. The Hall–Kier alpha value is -0.720. The van der Waals surface area contributed by atoms with Gasteiger partial charge in [0.1, 0.15) is 5.54 Å². The summed E-state index contributed by atoms with van der Waals surface area (Å²) in [5.74, 6) is -0.546. The molecule has 0 heterocycles. The predicted octanol–water partition coefficient (Wildman–Crippen LogP) is 3.59. The first-order chi connectivity index (χ1) is 10.1. The Morgan fingerprint density at radius 3 is 2.39 bits per heavy atom. The summed E-state index contributed by atoms with van der Waals surface area (Å²) >= 11 is 11.7. The number of hydrogen-bond acceptors (Lipinski definition) is 4. The summed E-state index contributed by atoms with van der Waals surface area (Å²) in [4.78, 5) is 12.5. The van der Waals surface area contributed by atoms with Crippen LogP contribution in [0.2, 0.25) is 10.0 Å². The van der Waals surface area contributed by atoms with E-state index in [4.69, 9.17) is 33.7 Å². The molecule has 1 amide bonds. The summed E-state index contributed by atoms with van der Waals surface area (Å²) in [7, 11) is 0. The number of nitrogens with one attached hydrogen (secondary N) is 1. The van der Waals surface area contributed by atoms with Crippen molar-refractivity contribution in [2.45, 2.75) is 38.8 Å². The van der Waals surface area contributed by atoms with E-state index in [0.29, 0.717) is 18.7 Å². The third-order valence-corrected chi connectivity index (χ3v) is 5.09. The molecule has 1 aromatic rings. The summed E-state index contributed by atoms with van der Waals surface area (Å²) in [5.41, 5.74) is 5.15. The molecule has 0 saturated heterocycles. The maximum absolute atomic E-state index is 12.5. The van der Waals surface area contributed by atoms with E-state index in [9.17, 15) is 9.90 Å². The number of halogens is 3. The molecule has 4 N–H and O–H groups in total. The van der Waals surface area contributed by atoms with Crippen LogP contribution in [0.5, 0.6) is 5.75 Å². The van der Waals surface area contributed by atoms with Crippen molar-refractivity contribution in [2.24, 2.45) is 11.1 Å². The first-order valence-electron chi connectivity index (χ1n) is 7.03. The number of nitrogens with two attached hydrogens (primary N) is 1. The molecule has 2 unspecified atom stereocenters. The average Bonchev–Trinajstić information content (AvgIpc) is 2.44. The highest BCUT2D eigenvalue weighted by atomic mass is 35.5. The number of aromatic hydroxyl groups is 1. The molecule has 130 valence electrons. The lowest BCUT2D eigenvalue weighted by Gasteiger charge is -2.57. The summed E-state index contributed by atoms with van der Waals surface area (Å²) in [5, 5.41) is 12.4. The summed E-state index contributed by atoms with van der Waals surface area (Å²) in [6.07, 6.45) is 0.388. The van der Waals surface area contributed by atoms with Crippen LogP contribution in [0.4, 0.5) is 5.69 Å². The second kappa shape index (κ2) is 7.03. The number of amides is 1. The molecule has 0 bridgehead atoms. The van der Waals surface area contributed by atoms with Crippen molar-refractivity contribution < 1.29 is 14.6 Å². The Balaban J connectivity index is 0.00000264. The van der Waals surface area contributed by atoms with Crippen LogP contribution in [0.15, 0.2) is 12.1 Å². The SMILES string of the molecule is CCOC1CC(N)(C(=O)Nc2cc(Cl)c(O)c(Cl)c2)C1(C)C.Cl. The number of phenolic OH excluding ortho intramolecular Hbond substituents is 1. The molecular formula is C15H21Cl3N2O3. The van der Waals surface area contributed by atoms with Crippen LogP contribution >= 0.6 is 35.6 Å². The van der Waals surface area contributed by atoms with Gasteiger partial charge in [0.05, 0.1) is 16.1 Å². The normalized spacial score (nSPS) is 25.2. The molecular weight excluding hydrogens is 363 g/mol. The van der Waals surface area contributed by atoms with E-state index >= 15 is 0 Å². The van der Waals surface area contributed by atoms with E-state index < -0.39 is 11.0 Å². The minimum Gasteiger partial charge on any atom is -0.505 e. The van der Waals surface area contributed by atoms with Gasteiger partial charge in [-0.3, -0.25) is 4.79 Å². The minimum absolute atomic E-state index is 0. The molecule has 2 atom stereocenters. The molecule has 1 aliphatic carbocycles. The fourth-order valence-corrected chi connectivity index (χ4v) is 3.19. The number of hydrogen-bond donors (Lipinski definition) is 3. The number of anilines is 1. The van der Waals surface area contributed by atoms with Crippen molar-refractivity contribution in [3.05, 3.63) is 22.2 Å². The molecule has 5 nitrogen and oxygen atoms in total. The number of carbonyl (C=O) groups is 1. The quantitative estimate of drug-likeness (QED) is 0.694. The predicted molar refractivity (Wildman–Crippen MR) is 94.7 cm³/mol. The molecule has 1 aliphatic rings. The summed E-state index contributed by atoms with van der Waals surface area (Å²) in [6.45, 7) is 6.31. The summed E-state index contributed by atoms with van der Waals surface area (Å²) in [6, 6.07) is 2.85. The fourth-order valence-electron chi connectivity index (χ4n) is 2.70. The Morgan fingerprint density at radius 2 is 1.96 bits per heavy atom. The number of phenols is 1. The number of benzene rings is 1. The van der Waals surface area contributed by atoms with E-state index in [0.717, 1.165) is 0 Å². The van der Waals surface area contributed by atoms with Gasteiger partial charge in [0.25, 0.3) is 0 Å². The summed E-state index contributed by atoms with van der Waals surface area (Å²) < 4.78 is 5.61. The largest absolute Gasteiger partial charge is 0.505 e. The van der Waals surface area contributed by atoms with E-state index in [-0.39, 0.29) is 40.2 Å². The first kappa shape index (κ1) is 20.3. The van der Waals surface area contributed by atoms with Crippen molar-refractivity contribution in [3.8, 4) is 5.75 Å². The molecule has 0 aromatic heterocycles. The van der Waals surface area contributed by atoms with Gasteiger partial charge in [0.2, 0.25) is 5.91 Å². The van der Waals surface area contributed by atoms with E-state index in [1.807, 2.05) is 20.8 Å².